The second-order valence-electron chi connectivity index (χ2n) is 6.59. The van der Waals surface area contributed by atoms with Gasteiger partial charge in [0.25, 0.3) is 5.91 Å². The van der Waals surface area contributed by atoms with E-state index in [1.54, 1.807) is 18.5 Å². The number of nitrogens with zero attached hydrogens (tertiary/aromatic N) is 3. The van der Waals surface area contributed by atoms with Gasteiger partial charge in [-0.25, -0.2) is 0 Å². The molecule has 6 heteroatoms. The maximum absolute atomic E-state index is 12.7. The highest BCUT2D eigenvalue weighted by molar-refractivity contribution is 5.94. The molecule has 0 bridgehead atoms. The predicted molar refractivity (Wildman–Crippen MR) is 91.2 cm³/mol. The van der Waals surface area contributed by atoms with Gasteiger partial charge in [0.05, 0.1) is 24.1 Å². The number of aromatic amines is 1. The van der Waals surface area contributed by atoms with Crippen molar-refractivity contribution >= 4 is 5.91 Å². The van der Waals surface area contributed by atoms with E-state index in [-0.39, 0.29) is 12.0 Å². The molecule has 0 aromatic carbocycles. The Bertz CT molecular complexity index is 703. The Kier molecular flexibility index (Phi) is 4.83. The number of hydrogen-bond acceptors (Lipinski definition) is 4. The Hall–Kier alpha value is -2.37. The average Bonchev–Trinajstić information content (AvgIpc) is 3.00. The molecule has 1 saturated heterocycles. The largest absolute Gasteiger partial charge is 0.489 e. The van der Waals surface area contributed by atoms with Crippen LogP contribution in [0.4, 0.5) is 0 Å². The Morgan fingerprint density at radius 2 is 2.04 bits per heavy atom. The minimum Gasteiger partial charge on any atom is -0.489 e. The van der Waals surface area contributed by atoms with Crippen LogP contribution in [-0.4, -0.2) is 45.2 Å². The number of hydrogen-bond donors (Lipinski definition) is 1. The second kappa shape index (κ2) is 7.03. The lowest BCUT2D eigenvalue weighted by atomic mass is 9.89. The Morgan fingerprint density at radius 1 is 1.29 bits per heavy atom. The van der Waals surface area contributed by atoms with E-state index in [0.717, 1.165) is 31.6 Å². The molecule has 2 aromatic rings. The highest BCUT2D eigenvalue weighted by Crippen LogP contribution is 2.30. The number of likely N-dealkylation sites (tertiary alicyclic amines) is 1. The summed E-state index contributed by atoms with van der Waals surface area (Å²) < 4.78 is 5.63. The second-order valence-corrected chi connectivity index (χ2v) is 6.59. The van der Waals surface area contributed by atoms with E-state index >= 15 is 0 Å². The summed E-state index contributed by atoms with van der Waals surface area (Å²) in [5, 5.41) is 7.10. The van der Waals surface area contributed by atoms with Gasteiger partial charge in [-0.2, -0.15) is 5.10 Å². The van der Waals surface area contributed by atoms with E-state index < -0.39 is 0 Å². The summed E-state index contributed by atoms with van der Waals surface area (Å²) in [6.07, 6.45) is 7.15. The van der Waals surface area contributed by atoms with Crippen LogP contribution in [0.1, 0.15) is 54.2 Å². The van der Waals surface area contributed by atoms with E-state index in [4.69, 9.17) is 4.74 Å². The van der Waals surface area contributed by atoms with Gasteiger partial charge in [0.2, 0.25) is 0 Å². The molecule has 1 amide bonds. The van der Waals surface area contributed by atoms with Crippen molar-refractivity contribution in [3.63, 3.8) is 0 Å². The molecule has 1 aliphatic rings. The van der Waals surface area contributed by atoms with Crippen molar-refractivity contribution in [2.24, 2.45) is 0 Å². The van der Waals surface area contributed by atoms with Crippen LogP contribution in [-0.2, 0) is 0 Å². The molecule has 0 spiro atoms. The van der Waals surface area contributed by atoms with Gasteiger partial charge in [0, 0.05) is 25.0 Å². The van der Waals surface area contributed by atoms with E-state index in [1.807, 2.05) is 31.9 Å². The fourth-order valence-corrected chi connectivity index (χ4v) is 3.22. The van der Waals surface area contributed by atoms with Crippen LogP contribution < -0.4 is 4.74 Å². The van der Waals surface area contributed by atoms with Gasteiger partial charge >= 0.3 is 0 Å². The van der Waals surface area contributed by atoms with Crippen molar-refractivity contribution in [1.82, 2.24) is 20.1 Å². The van der Waals surface area contributed by atoms with Crippen molar-refractivity contribution in [1.29, 1.82) is 0 Å². The lowest BCUT2D eigenvalue weighted by molar-refractivity contribution is 0.0711. The molecule has 1 N–H and O–H groups in total. The number of ether oxygens (including phenoxy) is 1. The fourth-order valence-electron chi connectivity index (χ4n) is 3.22. The molecule has 3 heterocycles. The van der Waals surface area contributed by atoms with E-state index in [1.165, 1.54) is 5.56 Å². The number of aromatic nitrogens is 3. The third-order valence-corrected chi connectivity index (χ3v) is 4.42. The van der Waals surface area contributed by atoms with Crippen LogP contribution in [0.2, 0.25) is 0 Å². The SMILES string of the molecule is Cc1[nH]ncc1C1CCN(C(=O)c2cncc(OC(C)C)c2)CC1. The Morgan fingerprint density at radius 3 is 2.67 bits per heavy atom. The zero-order chi connectivity index (χ0) is 17.1. The van der Waals surface area contributed by atoms with Gasteiger partial charge in [-0.05, 0) is 51.2 Å². The Balaban J connectivity index is 1.64. The molecular formula is C18H24N4O2. The third kappa shape index (κ3) is 3.58. The Labute approximate surface area is 142 Å². The molecule has 0 radical (unpaired) electrons. The molecule has 0 aliphatic carbocycles. The fraction of sp³-hybridized carbons (Fsp3) is 0.500. The van der Waals surface area contributed by atoms with Crippen molar-refractivity contribution in [2.45, 2.75) is 45.6 Å². The van der Waals surface area contributed by atoms with Crippen molar-refractivity contribution in [3.8, 4) is 5.75 Å². The summed E-state index contributed by atoms with van der Waals surface area (Å²) in [6.45, 7) is 7.47. The summed E-state index contributed by atoms with van der Waals surface area (Å²) in [6, 6.07) is 1.78. The average molecular weight is 328 g/mol. The number of pyridine rings is 1. The predicted octanol–water partition coefficient (Wildman–Crippen LogP) is 2.92. The number of amides is 1. The number of aryl methyl sites for hydroxylation is 1. The quantitative estimate of drug-likeness (QED) is 0.937. The van der Waals surface area contributed by atoms with Crippen molar-refractivity contribution < 1.29 is 9.53 Å². The van der Waals surface area contributed by atoms with Gasteiger partial charge < -0.3 is 9.64 Å². The van der Waals surface area contributed by atoms with Gasteiger partial charge in [-0.1, -0.05) is 0 Å². The number of H-pyrrole nitrogens is 1. The molecule has 2 aromatic heterocycles. The maximum Gasteiger partial charge on any atom is 0.255 e. The monoisotopic (exact) mass is 328 g/mol. The summed E-state index contributed by atoms with van der Waals surface area (Å²) in [5.74, 6) is 1.14. The van der Waals surface area contributed by atoms with Gasteiger partial charge in [0.15, 0.2) is 0 Å². The zero-order valence-electron chi connectivity index (χ0n) is 14.5. The molecule has 1 fully saturated rings. The summed E-state index contributed by atoms with van der Waals surface area (Å²) in [5.41, 5.74) is 2.99. The van der Waals surface area contributed by atoms with E-state index in [0.29, 0.717) is 17.2 Å². The van der Waals surface area contributed by atoms with Crippen LogP contribution in [0.15, 0.2) is 24.7 Å². The molecule has 0 unspecified atom stereocenters. The van der Waals surface area contributed by atoms with E-state index in [9.17, 15) is 4.79 Å². The first kappa shape index (κ1) is 16.5. The van der Waals surface area contributed by atoms with Gasteiger partial charge in [0.1, 0.15) is 5.75 Å². The lowest BCUT2D eigenvalue weighted by Crippen LogP contribution is -2.38. The molecule has 24 heavy (non-hydrogen) atoms. The summed E-state index contributed by atoms with van der Waals surface area (Å²) in [7, 11) is 0. The lowest BCUT2D eigenvalue weighted by Gasteiger charge is -2.32. The van der Waals surface area contributed by atoms with Crippen LogP contribution in [0.3, 0.4) is 0 Å². The van der Waals surface area contributed by atoms with Gasteiger partial charge in [-0.15, -0.1) is 0 Å². The molecule has 0 atom stereocenters. The van der Waals surface area contributed by atoms with Crippen molar-refractivity contribution in [3.05, 3.63) is 41.5 Å². The highest BCUT2D eigenvalue weighted by Gasteiger charge is 2.26. The van der Waals surface area contributed by atoms with Crippen LogP contribution in [0.25, 0.3) is 0 Å². The highest BCUT2D eigenvalue weighted by atomic mass is 16.5. The third-order valence-electron chi connectivity index (χ3n) is 4.42. The van der Waals surface area contributed by atoms with Crippen LogP contribution in [0.5, 0.6) is 5.75 Å². The van der Waals surface area contributed by atoms with E-state index in [2.05, 4.69) is 15.2 Å². The topological polar surface area (TPSA) is 71.1 Å². The number of carbonyl (C=O) groups excluding carboxylic acids is 1. The number of carbonyl (C=O) groups is 1. The minimum absolute atomic E-state index is 0.0269. The first-order chi connectivity index (χ1) is 11.5. The molecular weight excluding hydrogens is 304 g/mol. The molecule has 0 saturated carbocycles. The van der Waals surface area contributed by atoms with Crippen LogP contribution >= 0.6 is 0 Å². The number of piperidine rings is 1. The van der Waals surface area contributed by atoms with Crippen molar-refractivity contribution in [2.75, 3.05) is 13.1 Å². The summed E-state index contributed by atoms with van der Waals surface area (Å²) >= 11 is 0. The molecule has 3 rings (SSSR count). The maximum atomic E-state index is 12.7. The van der Waals surface area contributed by atoms with Crippen LogP contribution in [0, 0.1) is 6.92 Å². The number of rotatable bonds is 4. The standard InChI is InChI=1S/C18H24N4O2/c1-12(2)24-16-8-15(9-19-10-16)18(23)22-6-4-14(5-7-22)17-11-20-21-13(17)3/h8-12,14H,4-7H2,1-3H3,(H,20,21). The van der Waals surface area contributed by atoms with Gasteiger partial charge in [-0.3, -0.25) is 14.9 Å². The first-order valence-electron chi connectivity index (χ1n) is 8.45. The summed E-state index contributed by atoms with van der Waals surface area (Å²) in [4.78, 5) is 18.8. The molecule has 128 valence electrons. The number of nitrogens with one attached hydrogen (secondary N) is 1. The smallest absolute Gasteiger partial charge is 0.255 e. The zero-order valence-corrected chi connectivity index (χ0v) is 14.5. The molecule has 1 aliphatic heterocycles. The minimum atomic E-state index is 0.0269. The first-order valence-corrected chi connectivity index (χ1v) is 8.45. The molecule has 6 nitrogen and oxygen atoms in total. The normalized spacial score (nSPS) is 15.8.